The van der Waals surface area contributed by atoms with E-state index in [1.807, 2.05) is 18.2 Å². The molecule has 1 amide bonds. The van der Waals surface area contributed by atoms with Gasteiger partial charge in [-0.1, -0.05) is 30.0 Å². The lowest BCUT2D eigenvalue weighted by molar-refractivity contribution is -0.137. The van der Waals surface area contributed by atoms with Crippen molar-refractivity contribution in [2.24, 2.45) is 0 Å². The quantitative estimate of drug-likeness (QED) is 0.597. The van der Waals surface area contributed by atoms with Crippen LogP contribution >= 0.6 is 11.8 Å². The number of amides is 1. The largest absolute Gasteiger partial charge is 0.496 e. The Morgan fingerprint density at radius 3 is 2.75 bits per heavy atom. The molecule has 2 N–H and O–H groups in total. The van der Waals surface area contributed by atoms with Crippen LogP contribution in [-0.2, 0) is 11.0 Å². The molecule has 3 rings (SSSR count). The van der Waals surface area contributed by atoms with E-state index in [2.05, 4.69) is 20.5 Å². The Kier molecular flexibility index (Phi) is 5.88. The van der Waals surface area contributed by atoms with Gasteiger partial charge in [-0.15, -0.1) is 5.10 Å². The molecule has 10 heteroatoms. The van der Waals surface area contributed by atoms with Crippen molar-refractivity contribution in [3.8, 4) is 17.1 Å². The predicted octanol–water partition coefficient (Wildman–Crippen LogP) is 4.23. The van der Waals surface area contributed by atoms with E-state index >= 15 is 0 Å². The molecule has 6 nitrogen and oxygen atoms in total. The topological polar surface area (TPSA) is 79.9 Å². The molecule has 0 aliphatic rings. The molecule has 0 saturated carbocycles. The first-order valence-electron chi connectivity index (χ1n) is 8.02. The average molecular weight is 408 g/mol. The van der Waals surface area contributed by atoms with Crippen LogP contribution in [-0.4, -0.2) is 34.0 Å². The third-order valence-corrected chi connectivity index (χ3v) is 4.48. The summed E-state index contributed by atoms with van der Waals surface area (Å²) in [6, 6.07) is 11.7. The Morgan fingerprint density at radius 2 is 2.00 bits per heavy atom. The smallest absolute Gasteiger partial charge is 0.416 e. The number of carbonyl (C=O) groups is 1. The molecule has 0 radical (unpaired) electrons. The van der Waals surface area contributed by atoms with E-state index in [0.717, 1.165) is 29.5 Å². The fourth-order valence-electron chi connectivity index (χ4n) is 2.37. The van der Waals surface area contributed by atoms with E-state index in [1.165, 1.54) is 12.1 Å². The number of aromatic amines is 1. The number of anilines is 1. The van der Waals surface area contributed by atoms with Gasteiger partial charge in [-0.05, 0) is 30.3 Å². The van der Waals surface area contributed by atoms with E-state index in [4.69, 9.17) is 4.74 Å². The van der Waals surface area contributed by atoms with Gasteiger partial charge < -0.3 is 10.1 Å². The average Bonchev–Trinajstić information content (AvgIpc) is 3.15. The zero-order valence-corrected chi connectivity index (χ0v) is 15.4. The minimum Gasteiger partial charge on any atom is -0.496 e. The Morgan fingerprint density at radius 1 is 1.21 bits per heavy atom. The van der Waals surface area contributed by atoms with Crippen molar-refractivity contribution in [2.45, 2.75) is 11.3 Å². The van der Waals surface area contributed by atoms with E-state index < -0.39 is 17.6 Å². The van der Waals surface area contributed by atoms with E-state index in [1.54, 1.807) is 13.2 Å². The molecule has 0 atom stereocenters. The molecule has 1 aromatic heterocycles. The fourth-order valence-corrected chi connectivity index (χ4v) is 2.97. The highest BCUT2D eigenvalue weighted by atomic mass is 32.2. The number of hydrogen-bond donors (Lipinski definition) is 2. The molecule has 2 aromatic carbocycles. The molecular weight excluding hydrogens is 393 g/mol. The van der Waals surface area contributed by atoms with Crippen molar-refractivity contribution in [2.75, 3.05) is 18.2 Å². The standard InChI is InChI=1S/C18H15F3N4O2S/c1-27-14-8-3-2-7-13(14)16-23-17(25-24-16)28-10-15(26)22-12-6-4-5-11(9-12)18(19,20)21/h2-9H,10H2,1H3,(H,22,26)(H,23,24,25). The number of nitrogens with one attached hydrogen (secondary N) is 2. The van der Waals surface area contributed by atoms with Crippen LogP contribution in [0.5, 0.6) is 5.75 Å². The molecule has 1 heterocycles. The number of alkyl halides is 3. The maximum absolute atomic E-state index is 12.7. The van der Waals surface area contributed by atoms with Crippen LogP contribution in [0.4, 0.5) is 18.9 Å². The van der Waals surface area contributed by atoms with Crippen LogP contribution in [0, 0.1) is 0 Å². The van der Waals surface area contributed by atoms with Crippen molar-refractivity contribution in [1.29, 1.82) is 0 Å². The summed E-state index contributed by atoms with van der Waals surface area (Å²) in [6.45, 7) is 0. The SMILES string of the molecule is COc1ccccc1-c1nc(SCC(=O)Nc2cccc(C(F)(F)F)c2)n[nH]1. The van der Waals surface area contributed by atoms with Crippen molar-refractivity contribution >= 4 is 23.4 Å². The second-order valence-corrected chi connectivity index (χ2v) is 6.52. The Hall–Kier alpha value is -3.01. The van der Waals surface area contributed by atoms with Crippen LogP contribution in [0.2, 0.25) is 0 Å². The summed E-state index contributed by atoms with van der Waals surface area (Å²) in [4.78, 5) is 16.3. The van der Waals surface area contributed by atoms with Crippen LogP contribution in [0.1, 0.15) is 5.56 Å². The number of carbonyl (C=O) groups excluding carboxylic acids is 1. The second kappa shape index (κ2) is 8.34. The van der Waals surface area contributed by atoms with Gasteiger partial charge in [-0.25, -0.2) is 4.98 Å². The number of H-pyrrole nitrogens is 1. The molecule has 0 fully saturated rings. The summed E-state index contributed by atoms with van der Waals surface area (Å²) >= 11 is 1.06. The zero-order chi connectivity index (χ0) is 20.1. The summed E-state index contributed by atoms with van der Waals surface area (Å²) in [5.41, 5.74) is -0.0312. The van der Waals surface area contributed by atoms with E-state index in [-0.39, 0.29) is 11.4 Å². The van der Waals surface area contributed by atoms with Gasteiger partial charge in [0.2, 0.25) is 11.1 Å². The normalized spacial score (nSPS) is 11.3. The van der Waals surface area contributed by atoms with Gasteiger partial charge in [0.25, 0.3) is 0 Å². The maximum atomic E-state index is 12.7. The lowest BCUT2D eigenvalue weighted by Gasteiger charge is -2.09. The molecule has 0 saturated heterocycles. The van der Waals surface area contributed by atoms with Crippen LogP contribution in [0.15, 0.2) is 53.7 Å². The number of aromatic nitrogens is 3. The highest BCUT2D eigenvalue weighted by Crippen LogP contribution is 2.31. The first-order chi connectivity index (χ1) is 13.4. The highest BCUT2D eigenvalue weighted by Gasteiger charge is 2.30. The number of methoxy groups -OCH3 is 1. The number of hydrogen-bond acceptors (Lipinski definition) is 5. The molecule has 146 valence electrons. The molecular formula is C18H15F3N4O2S. The molecule has 0 aliphatic carbocycles. The molecule has 0 bridgehead atoms. The highest BCUT2D eigenvalue weighted by molar-refractivity contribution is 7.99. The van der Waals surface area contributed by atoms with Gasteiger partial charge in [0.05, 0.1) is 24.0 Å². The van der Waals surface area contributed by atoms with Crippen molar-refractivity contribution in [3.05, 3.63) is 54.1 Å². The first kappa shape index (κ1) is 19.7. The van der Waals surface area contributed by atoms with Crippen LogP contribution < -0.4 is 10.1 Å². The summed E-state index contributed by atoms with van der Waals surface area (Å²) in [6.07, 6.45) is -4.47. The molecule has 28 heavy (non-hydrogen) atoms. The van der Waals surface area contributed by atoms with Gasteiger partial charge in [0.15, 0.2) is 5.82 Å². The molecule has 0 unspecified atom stereocenters. The van der Waals surface area contributed by atoms with E-state index in [0.29, 0.717) is 16.7 Å². The predicted molar refractivity (Wildman–Crippen MR) is 99.2 cm³/mol. The third kappa shape index (κ3) is 4.83. The summed E-state index contributed by atoms with van der Waals surface area (Å²) in [5, 5.41) is 9.58. The number of benzene rings is 2. The number of rotatable bonds is 6. The second-order valence-electron chi connectivity index (χ2n) is 5.58. The first-order valence-corrected chi connectivity index (χ1v) is 9.01. The Labute approximate surface area is 162 Å². The summed E-state index contributed by atoms with van der Waals surface area (Å²) in [5.74, 6) is 0.586. The maximum Gasteiger partial charge on any atom is 0.416 e. The summed E-state index contributed by atoms with van der Waals surface area (Å²) in [7, 11) is 1.54. The van der Waals surface area contributed by atoms with Crippen LogP contribution in [0.25, 0.3) is 11.4 Å². The van der Waals surface area contributed by atoms with Gasteiger partial charge in [-0.2, -0.15) is 13.2 Å². The molecule has 0 aliphatic heterocycles. The number of para-hydroxylation sites is 1. The number of ether oxygens (including phenoxy) is 1. The van der Waals surface area contributed by atoms with Gasteiger partial charge in [0, 0.05) is 5.69 Å². The van der Waals surface area contributed by atoms with Crippen molar-refractivity contribution in [1.82, 2.24) is 15.2 Å². The van der Waals surface area contributed by atoms with Crippen molar-refractivity contribution < 1.29 is 22.7 Å². The van der Waals surface area contributed by atoms with Gasteiger partial charge in [0.1, 0.15) is 5.75 Å². The van der Waals surface area contributed by atoms with Crippen molar-refractivity contribution in [3.63, 3.8) is 0 Å². The molecule has 0 spiro atoms. The fraction of sp³-hybridized carbons (Fsp3) is 0.167. The monoisotopic (exact) mass is 408 g/mol. The molecule has 3 aromatic rings. The van der Waals surface area contributed by atoms with Gasteiger partial charge in [-0.3, -0.25) is 9.89 Å². The number of thioether (sulfide) groups is 1. The lowest BCUT2D eigenvalue weighted by Crippen LogP contribution is -2.15. The Balaban J connectivity index is 1.61. The minimum atomic E-state index is -4.47. The van der Waals surface area contributed by atoms with Crippen LogP contribution in [0.3, 0.4) is 0 Å². The van der Waals surface area contributed by atoms with Gasteiger partial charge >= 0.3 is 6.18 Å². The number of nitrogens with zero attached hydrogens (tertiary/aromatic N) is 2. The lowest BCUT2D eigenvalue weighted by atomic mass is 10.2. The van der Waals surface area contributed by atoms with E-state index in [9.17, 15) is 18.0 Å². The summed E-state index contributed by atoms with van der Waals surface area (Å²) < 4.78 is 43.4. The Bertz CT molecular complexity index is 975. The number of halogens is 3. The third-order valence-electron chi connectivity index (χ3n) is 3.63. The minimum absolute atomic E-state index is 0.0561. The zero-order valence-electron chi connectivity index (χ0n) is 14.6.